The summed E-state index contributed by atoms with van der Waals surface area (Å²) in [6.45, 7) is 7.82. The number of anilines is 2. The minimum Gasteiger partial charge on any atom is -0.368 e. The van der Waals surface area contributed by atoms with Gasteiger partial charge in [-0.3, -0.25) is 9.10 Å². The van der Waals surface area contributed by atoms with Crippen LogP contribution in [0.1, 0.15) is 18.1 Å². The average molecular weight is 450 g/mol. The van der Waals surface area contributed by atoms with Crippen molar-refractivity contribution in [3.05, 3.63) is 58.6 Å². The van der Waals surface area contributed by atoms with Crippen molar-refractivity contribution >= 4 is 38.9 Å². The number of carbonyl (C=O) groups is 1. The Hall–Kier alpha value is -2.25. The highest BCUT2D eigenvalue weighted by Gasteiger charge is 2.34. The van der Waals surface area contributed by atoms with Crippen LogP contribution in [0.4, 0.5) is 11.4 Å². The Morgan fingerprint density at radius 1 is 1.07 bits per heavy atom. The molecular formula is C22H28ClN3O3S. The number of carbonyl (C=O) groups excluding carboxylic acids is 1. The van der Waals surface area contributed by atoms with E-state index in [0.717, 1.165) is 23.1 Å². The molecule has 2 aromatic rings. The topological polar surface area (TPSA) is 60.9 Å². The van der Waals surface area contributed by atoms with E-state index in [2.05, 4.69) is 4.90 Å². The zero-order chi connectivity index (χ0) is 22.1. The minimum atomic E-state index is -3.64. The Morgan fingerprint density at radius 2 is 1.73 bits per heavy atom. The molecule has 1 amide bonds. The van der Waals surface area contributed by atoms with Crippen molar-refractivity contribution in [1.29, 1.82) is 0 Å². The molecule has 1 heterocycles. The molecule has 0 radical (unpaired) electrons. The fraction of sp³-hybridized carbons (Fsp3) is 0.409. The molecule has 1 atom stereocenters. The van der Waals surface area contributed by atoms with E-state index in [1.807, 2.05) is 56.3 Å². The predicted octanol–water partition coefficient (Wildman–Crippen LogP) is 3.46. The zero-order valence-electron chi connectivity index (χ0n) is 17.8. The van der Waals surface area contributed by atoms with Crippen LogP contribution in [0.15, 0.2) is 42.5 Å². The molecule has 30 heavy (non-hydrogen) atoms. The van der Waals surface area contributed by atoms with Crippen LogP contribution in [0, 0.1) is 13.8 Å². The first kappa shape index (κ1) is 22.4. The van der Waals surface area contributed by atoms with Gasteiger partial charge in [0.2, 0.25) is 15.9 Å². The highest BCUT2D eigenvalue weighted by atomic mass is 35.5. The molecule has 0 saturated carbocycles. The molecule has 6 nitrogen and oxygen atoms in total. The molecule has 0 aromatic heterocycles. The molecule has 0 aliphatic carbocycles. The maximum Gasteiger partial charge on any atom is 0.246 e. The van der Waals surface area contributed by atoms with Crippen molar-refractivity contribution in [1.82, 2.24) is 4.90 Å². The maximum absolute atomic E-state index is 13.2. The maximum atomic E-state index is 13.2. The molecule has 2 aromatic carbocycles. The van der Waals surface area contributed by atoms with Crippen LogP contribution < -0.4 is 9.21 Å². The Morgan fingerprint density at radius 3 is 2.33 bits per heavy atom. The van der Waals surface area contributed by atoms with Gasteiger partial charge in [-0.2, -0.15) is 0 Å². The molecule has 0 unspecified atom stereocenters. The predicted molar refractivity (Wildman–Crippen MR) is 123 cm³/mol. The monoisotopic (exact) mass is 449 g/mol. The minimum absolute atomic E-state index is 0.188. The number of sulfonamides is 1. The van der Waals surface area contributed by atoms with Gasteiger partial charge >= 0.3 is 0 Å². The lowest BCUT2D eigenvalue weighted by molar-refractivity contribution is -0.132. The summed E-state index contributed by atoms with van der Waals surface area (Å²) in [4.78, 5) is 17.2. The number of halogens is 1. The molecule has 1 aliphatic rings. The molecule has 8 heteroatoms. The fourth-order valence-corrected chi connectivity index (χ4v) is 5.26. The molecule has 1 aliphatic heterocycles. The number of amides is 1. The van der Waals surface area contributed by atoms with Gasteiger partial charge < -0.3 is 9.80 Å². The Labute approximate surface area is 184 Å². The summed E-state index contributed by atoms with van der Waals surface area (Å²) in [6.07, 6.45) is 1.15. The molecule has 1 fully saturated rings. The summed E-state index contributed by atoms with van der Waals surface area (Å²) in [5, 5.41) is 0.678. The van der Waals surface area contributed by atoms with Crippen LogP contribution in [0.3, 0.4) is 0 Å². The second-order valence-corrected chi connectivity index (χ2v) is 10.1. The van der Waals surface area contributed by atoms with Crippen molar-refractivity contribution < 1.29 is 13.2 Å². The van der Waals surface area contributed by atoms with Gasteiger partial charge in [-0.05, 0) is 56.2 Å². The molecule has 3 rings (SSSR count). The largest absolute Gasteiger partial charge is 0.368 e. The third-order valence-corrected chi connectivity index (χ3v) is 6.90. The van der Waals surface area contributed by atoms with Crippen LogP contribution in [0.25, 0.3) is 0 Å². The van der Waals surface area contributed by atoms with Gasteiger partial charge in [0.25, 0.3) is 0 Å². The number of hydrogen-bond acceptors (Lipinski definition) is 4. The van der Waals surface area contributed by atoms with Crippen LogP contribution >= 0.6 is 11.6 Å². The Kier molecular flexibility index (Phi) is 6.62. The molecule has 0 spiro atoms. The van der Waals surface area contributed by atoms with Crippen molar-refractivity contribution in [2.45, 2.75) is 26.8 Å². The van der Waals surface area contributed by atoms with Crippen LogP contribution in [0.2, 0.25) is 5.02 Å². The molecule has 1 saturated heterocycles. The fourth-order valence-electron chi connectivity index (χ4n) is 3.85. The first-order chi connectivity index (χ1) is 14.1. The van der Waals surface area contributed by atoms with Crippen molar-refractivity contribution in [3.8, 4) is 0 Å². The Bertz CT molecular complexity index is 1030. The van der Waals surface area contributed by atoms with Gasteiger partial charge in [-0.1, -0.05) is 29.8 Å². The summed E-state index contributed by atoms with van der Waals surface area (Å²) in [5.41, 5.74) is 3.34. The summed E-state index contributed by atoms with van der Waals surface area (Å²) >= 11 is 6.09. The van der Waals surface area contributed by atoms with E-state index in [1.54, 1.807) is 11.8 Å². The summed E-state index contributed by atoms with van der Waals surface area (Å²) in [5.74, 6) is -0.188. The van der Waals surface area contributed by atoms with Crippen LogP contribution in [-0.2, 0) is 14.8 Å². The summed E-state index contributed by atoms with van der Waals surface area (Å²) < 4.78 is 26.5. The van der Waals surface area contributed by atoms with E-state index in [4.69, 9.17) is 11.6 Å². The number of hydrogen-bond donors (Lipinski definition) is 0. The third-order valence-electron chi connectivity index (χ3n) is 5.43. The Balaban J connectivity index is 1.77. The lowest BCUT2D eigenvalue weighted by Crippen LogP contribution is -2.55. The van der Waals surface area contributed by atoms with Gasteiger partial charge in [-0.25, -0.2) is 8.42 Å². The van der Waals surface area contributed by atoms with Crippen molar-refractivity contribution in [2.24, 2.45) is 0 Å². The molecule has 0 N–H and O–H groups in total. The second-order valence-electron chi connectivity index (χ2n) is 7.82. The lowest BCUT2D eigenvalue weighted by Gasteiger charge is -2.39. The highest BCUT2D eigenvalue weighted by molar-refractivity contribution is 7.92. The summed E-state index contributed by atoms with van der Waals surface area (Å²) in [7, 11) is -3.64. The van der Waals surface area contributed by atoms with Crippen LogP contribution in [-0.4, -0.2) is 57.7 Å². The third kappa shape index (κ3) is 4.90. The standard InChI is InChI=1S/C22H28ClN3O3S/c1-16-8-9-17(2)21(14-16)26(30(4,28)29)18(3)22(27)25-12-10-24(11-13-25)20-7-5-6-19(23)15-20/h5-9,14-15,18H,10-13H2,1-4H3/t18-/m0/s1. The number of nitrogens with zero attached hydrogens (tertiary/aromatic N) is 3. The zero-order valence-corrected chi connectivity index (χ0v) is 19.4. The van der Waals surface area contributed by atoms with E-state index in [1.165, 1.54) is 4.31 Å². The van der Waals surface area contributed by atoms with Crippen molar-refractivity contribution in [2.75, 3.05) is 41.6 Å². The number of piperazine rings is 1. The molecule has 0 bridgehead atoms. The molecular weight excluding hydrogens is 422 g/mol. The van der Waals surface area contributed by atoms with Crippen LogP contribution in [0.5, 0.6) is 0 Å². The van der Waals surface area contributed by atoms with E-state index in [-0.39, 0.29) is 5.91 Å². The summed E-state index contributed by atoms with van der Waals surface area (Å²) in [6, 6.07) is 12.5. The quantitative estimate of drug-likeness (QED) is 0.701. The van der Waals surface area contributed by atoms with Gasteiger partial charge in [0.15, 0.2) is 0 Å². The van der Waals surface area contributed by atoms with E-state index >= 15 is 0 Å². The number of rotatable bonds is 5. The number of benzene rings is 2. The normalized spacial score (nSPS) is 15.8. The van der Waals surface area contributed by atoms with E-state index < -0.39 is 16.1 Å². The smallest absolute Gasteiger partial charge is 0.246 e. The van der Waals surface area contributed by atoms with E-state index in [0.29, 0.717) is 36.9 Å². The van der Waals surface area contributed by atoms with Gasteiger partial charge in [0.05, 0.1) is 11.9 Å². The van der Waals surface area contributed by atoms with E-state index in [9.17, 15) is 13.2 Å². The first-order valence-electron chi connectivity index (χ1n) is 9.94. The highest BCUT2D eigenvalue weighted by Crippen LogP contribution is 2.27. The van der Waals surface area contributed by atoms with Gasteiger partial charge in [0.1, 0.15) is 6.04 Å². The first-order valence-corrected chi connectivity index (χ1v) is 12.2. The van der Waals surface area contributed by atoms with Gasteiger partial charge in [-0.15, -0.1) is 0 Å². The average Bonchev–Trinajstić information content (AvgIpc) is 2.69. The number of aryl methyl sites for hydroxylation is 2. The lowest BCUT2D eigenvalue weighted by atomic mass is 10.1. The SMILES string of the molecule is Cc1ccc(C)c(N([C@@H](C)C(=O)N2CCN(c3cccc(Cl)c3)CC2)S(C)(=O)=O)c1. The van der Waals surface area contributed by atoms with Gasteiger partial charge in [0, 0.05) is 36.9 Å². The molecule has 162 valence electrons. The van der Waals surface area contributed by atoms with Crippen molar-refractivity contribution in [3.63, 3.8) is 0 Å². The second kappa shape index (κ2) is 8.86.